The van der Waals surface area contributed by atoms with E-state index in [0.717, 1.165) is 53.6 Å². The number of methoxy groups -OCH3 is 1. The van der Waals surface area contributed by atoms with E-state index in [2.05, 4.69) is 24.8 Å². The zero-order chi connectivity index (χ0) is 26.4. The maximum Gasteiger partial charge on any atom is 0.262 e. The molecule has 9 nitrogen and oxygen atoms in total. The normalized spacial score (nSPS) is 18.4. The molecule has 1 aliphatic carbocycles. The molecule has 1 aromatic carbocycles. The molecule has 1 aliphatic heterocycles. The van der Waals surface area contributed by atoms with E-state index >= 15 is 0 Å². The van der Waals surface area contributed by atoms with Gasteiger partial charge >= 0.3 is 0 Å². The lowest BCUT2D eigenvalue weighted by atomic mass is 9.74. The minimum Gasteiger partial charge on any atom is -0.383 e. The van der Waals surface area contributed by atoms with Crippen molar-refractivity contribution in [1.29, 1.82) is 0 Å². The van der Waals surface area contributed by atoms with Crippen LogP contribution in [0.1, 0.15) is 29.5 Å². The molecule has 1 fully saturated rings. The first kappa shape index (κ1) is 26.0. The summed E-state index contributed by atoms with van der Waals surface area (Å²) >= 11 is 15.7. The largest absolute Gasteiger partial charge is 0.383 e. The van der Waals surface area contributed by atoms with Crippen LogP contribution in [0.2, 0.25) is 9.49 Å². The number of halogens is 2. The van der Waals surface area contributed by atoms with E-state index in [4.69, 9.17) is 33.7 Å². The van der Waals surface area contributed by atoms with Crippen LogP contribution in [0, 0.1) is 5.41 Å². The number of rotatable bonds is 6. The third kappa shape index (κ3) is 4.59. The number of thiazole rings is 1. The van der Waals surface area contributed by atoms with Crippen LogP contribution in [0.3, 0.4) is 0 Å². The lowest BCUT2D eigenvalue weighted by Gasteiger charge is -2.42. The van der Waals surface area contributed by atoms with E-state index < -0.39 is 0 Å². The van der Waals surface area contributed by atoms with Crippen LogP contribution >= 0.6 is 46.3 Å². The van der Waals surface area contributed by atoms with E-state index in [0.29, 0.717) is 38.6 Å². The molecular formula is C25H25Cl2N7O2S2. The second-order valence-corrected chi connectivity index (χ2v) is 12.7. The average molecular weight is 591 g/mol. The van der Waals surface area contributed by atoms with Gasteiger partial charge in [0, 0.05) is 36.0 Å². The van der Waals surface area contributed by atoms with Gasteiger partial charge < -0.3 is 15.4 Å². The Morgan fingerprint density at radius 3 is 2.74 bits per heavy atom. The van der Waals surface area contributed by atoms with Crippen LogP contribution in [0.4, 0.5) is 5.82 Å². The Labute approximate surface area is 237 Å². The van der Waals surface area contributed by atoms with Gasteiger partial charge in [-0.05, 0) is 36.8 Å². The average Bonchev–Trinajstić information content (AvgIpc) is 3.40. The van der Waals surface area contributed by atoms with Gasteiger partial charge in [-0.25, -0.2) is 19.9 Å². The fourth-order valence-corrected chi connectivity index (χ4v) is 7.77. The second kappa shape index (κ2) is 10.4. The number of piperidine rings is 1. The minimum atomic E-state index is -0.195. The highest BCUT2D eigenvalue weighted by Crippen LogP contribution is 2.53. The van der Waals surface area contributed by atoms with Crippen molar-refractivity contribution in [2.45, 2.75) is 41.8 Å². The van der Waals surface area contributed by atoms with Gasteiger partial charge in [-0.1, -0.05) is 35.0 Å². The molecule has 1 atom stereocenters. The summed E-state index contributed by atoms with van der Waals surface area (Å²) in [7, 11) is 1.59. The molecule has 0 bridgehead atoms. The number of hydrogen-bond donors (Lipinski definition) is 1. The third-order valence-corrected chi connectivity index (χ3v) is 10.3. The van der Waals surface area contributed by atoms with Gasteiger partial charge in [-0.3, -0.25) is 9.36 Å². The molecule has 0 unspecified atom stereocenters. The molecule has 4 aromatic rings. The van der Waals surface area contributed by atoms with Crippen LogP contribution in [-0.2, 0) is 17.7 Å². The van der Waals surface area contributed by atoms with Gasteiger partial charge in [-0.2, -0.15) is 0 Å². The monoisotopic (exact) mass is 589 g/mol. The van der Waals surface area contributed by atoms with E-state index in [9.17, 15) is 4.79 Å². The van der Waals surface area contributed by atoms with Gasteiger partial charge in [0.2, 0.25) is 0 Å². The van der Waals surface area contributed by atoms with E-state index in [1.807, 2.05) is 6.07 Å². The van der Waals surface area contributed by atoms with Gasteiger partial charge in [0.1, 0.15) is 10.8 Å². The molecule has 2 aliphatic rings. The number of aromatic nitrogens is 5. The Morgan fingerprint density at radius 1 is 1.21 bits per heavy atom. The quantitative estimate of drug-likeness (QED) is 0.345. The topological polar surface area (TPSA) is 112 Å². The van der Waals surface area contributed by atoms with Crippen LogP contribution < -0.4 is 16.2 Å². The van der Waals surface area contributed by atoms with Gasteiger partial charge in [0.25, 0.3) is 5.56 Å². The van der Waals surface area contributed by atoms with Crippen molar-refractivity contribution in [3.05, 3.63) is 61.3 Å². The van der Waals surface area contributed by atoms with Crippen LogP contribution in [-0.4, -0.2) is 51.3 Å². The zero-order valence-corrected chi connectivity index (χ0v) is 23.7. The molecule has 1 spiro atoms. The van der Waals surface area contributed by atoms with Crippen molar-refractivity contribution in [2.75, 3.05) is 31.7 Å². The maximum absolute atomic E-state index is 13.0. The predicted octanol–water partition coefficient (Wildman–Crippen LogP) is 4.59. The standard InChI is InChI=1S/C25H25Cl2N7O2S2/c1-36-9-8-34-13-31-14-2-3-16(20(26)19(14)23(34)35)37-18-12-29-17(11-30-18)33-6-4-25(5-7-33)10-15-21(22(25)28)38-24(27)32-15/h2-3,11-13,22H,4-10,28H2,1H3/t22-/m1/s1. The molecular weight excluding hydrogens is 565 g/mol. The number of nitrogens with zero attached hydrogens (tertiary/aromatic N) is 6. The third-order valence-electron chi connectivity index (χ3n) is 7.51. The second-order valence-electron chi connectivity index (χ2n) is 9.60. The summed E-state index contributed by atoms with van der Waals surface area (Å²) in [5.41, 5.74) is 8.13. The van der Waals surface area contributed by atoms with Crippen LogP contribution in [0.15, 0.2) is 45.6 Å². The molecule has 3 aromatic heterocycles. The van der Waals surface area contributed by atoms with E-state index in [-0.39, 0.29) is 17.0 Å². The Morgan fingerprint density at radius 2 is 2.03 bits per heavy atom. The number of anilines is 1. The summed E-state index contributed by atoms with van der Waals surface area (Å²) in [6, 6.07) is 3.64. The lowest BCUT2D eigenvalue weighted by Crippen LogP contribution is -2.44. The summed E-state index contributed by atoms with van der Waals surface area (Å²) in [4.78, 5) is 35.3. The summed E-state index contributed by atoms with van der Waals surface area (Å²) in [5.74, 6) is 0.835. The molecule has 2 N–H and O–H groups in total. The molecule has 13 heteroatoms. The van der Waals surface area contributed by atoms with Crippen molar-refractivity contribution >= 4 is 63.0 Å². The highest BCUT2D eigenvalue weighted by molar-refractivity contribution is 7.99. The Bertz CT molecular complexity index is 1550. The van der Waals surface area contributed by atoms with E-state index in [1.165, 1.54) is 34.0 Å². The molecule has 0 amide bonds. The smallest absolute Gasteiger partial charge is 0.262 e. The highest BCUT2D eigenvalue weighted by Gasteiger charge is 2.48. The maximum atomic E-state index is 13.0. The summed E-state index contributed by atoms with van der Waals surface area (Å²) in [6.45, 7) is 2.53. The van der Waals surface area contributed by atoms with Crippen molar-refractivity contribution in [1.82, 2.24) is 24.5 Å². The van der Waals surface area contributed by atoms with Crippen molar-refractivity contribution < 1.29 is 4.74 Å². The van der Waals surface area contributed by atoms with Crippen molar-refractivity contribution in [3.63, 3.8) is 0 Å². The van der Waals surface area contributed by atoms with Crippen LogP contribution in [0.25, 0.3) is 10.9 Å². The molecule has 1 saturated heterocycles. The first-order valence-electron chi connectivity index (χ1n) is 12.2. The van der Waals surface area contributed by atoms with Gasteiger partial charge in [0.15, 0.2) is 4.47 Å². The number of fused-ring (bicyclic) bond motifs is 2. The van der Waals surface area contributed by atoms with Gasteiger partial charge in [-0.15, -0.1) is 11.3 Å². The van der Waals surface area contributed by atoms with E-state index in [1.54, 1.807) is 25.6 Å². The number of hydrogen-bond acceptors (Lipinski definition) is 10. The zero-order valence-electron chi connectivity index (χ0n) is 20.6. The predicted molar refractivity (Wildman–Crippen MR) is 151 cm³/mol. The lowest BCUT2D eigenvalue weighted by molar-refractivity contribution is 0.186. The summed E-state index contributed by atoms with van der Waals surface area (Å²) in [6.07, 6.45) is 7.88. The Hall–Kier alpha value is -2.28. The molecule has 0 saturated carbocycles. The Balaban J connectivity index is 1.15. The molecule has 198 valence electrons. The Kier molecular flexibility index (Phi) is 7.08. The summed E-state index contributed by atoms with van der Waals surface area (Å²) in [5, 5.41) is 1.44. The summed E-state index contributed by atoms with van der Waals surface area (Å²) < 4.78 is 7.17. The number of nitrogens with two attached hydrogens (primary N) is 1. The first-order chi connectivity index (χ1) is 18.4. The fraction of sp³-hybridized carbons (Fsp3) is 0.400. The minimum absolute atomic E-state index is 0.0134. The van der Waals surface area contributed by atoms with Gasteiger partial charge in [0.05, 0.1) is 53.5 Å². The fourth-order valence-electron chi connectivity index (χ4n) is 5.35. The first-order valence-corrected chi connectivity index (χ1v) is 14.6. The van der Waals surface area contributed by atoms with Crippen molar-refractivity contribution in [2.24, 2.45) is 11.1 Å². The number of benzene rings is 1. The SMILES string of the molecule is COCCn1cnc2ccc(Sc3cnc(N4CCC5(CC4)Cc4nc(Cl)sc4[C@H]5N)cn3)c(Cl)c2c1=O. The number of ether oxygens (including phenoxy) is 1. The van der Waals surface area contributed by atoms with Crippen LogP contribution in [0.5, 0.6) is 0 Å². The molecule has 38 heavy (non-hydrogen) atoms. The molecule has 4 heterocycles. The highest BCUT2D eigenvalue weighted by atomic mass is 35.5. The molecule has 0 radical (unpaired) electrons. The molecule has 6 rings (SSSR count). The van der Waals surface area contributed by atoms with Crippen molar-refractivity contribution in [3.8, 4) is 0 Å².